The maximum atomic E-state index is 12.2. The van der Waals surface area contributed by atoms with E-state index in [9.17, 15) is 9.59 Å². The van der Waals surface area contributed by atoms with Crippen molar-refractivity contribution in [3.05, 3.63) is 59.7 Å². The lowest BCUT2D eigenvalue weighted by Crippen LogP contribution is -2.48. The number of carbonyl (C=O) groups excluding carboxylic acids is 2. The summed E-state index contributed by atoms with van der Waals surface area (Å²) in [5.41, 5.74) is 5.82. The van der Waals surface area contributed by atoms with E-state index in [0.29, 0.717) is 41.8 Å². The zero-order valence-corrected chi connectivity index (χ0v) is 18.2. The monoisotopic (exact) mass is 429 g/mol. The molecule has 2 amide bonds. The summed E-state index contributed by atoms with van der Waals surface area (Å²) in [4.78, 5) is 24.4. The van der Waals surface area contributed by atoms with Crippen LogP contribution in [-0.4, -0.2) is 30.1 Å². The number of amides is 2. The van der Waals surface area contributed by atoms with Gasteiger partial charge in [0, 0.05) is 11.1 Å². The van der Waals surface area contributed by atoms with Crippen LogP contribution < -0.4 is 25.6 Å². The van der Waals surface area contributed by atoms with Crippen LogP contribution in [0.4, 0.5) is 0 Å². The Labute approximate surface area is 182 Å². The van der Waals surface area contributed by atoms with Gasteiger partial charge in [0.15, 0.2) is 5.11 Å². The Morgan fingerprint density at radius 2 is 1.40 bits per heavy atom. The minimum Gasteiger partial charge on any atom is -0.494 e. The average Bonchev–Trinajstić information content (AvgIpc) is 2.75. The second-order valence-corrected chi connectivity index (χ2v) is 7.37. The molecule has 0 aliphatic heterocycles. The van der Waals surface area contributed by atoms with E-state index in [2.05, 4.69) is 30.0 Å². The fraction of sp³-hybridized carbons (Fsp3) is 0.318. The van der Waals surface area contributed by atoms with Crippen molar-refractivity contribution in [1.29, 1.82) is 0 Å². The summed E-state index contributed by atoms with van der Waals surface area (Å²) in [6.07, 6.45) is 0.907. The standard InChI is InChI=1S/C22H27N3O4S/c1-4-13-28-18-9-5-16(6-10-18)20(26)23-22(30)25-24-21(27)17-7-11-19(12-8-17)29-14-15(2)3/h5-12,15H,4,13-14H2,1-3H3,(H,24,27)(H2,23,25,26,30). The lowest BCUT2D eigenvalue weighted by atomic mass is 10.2. The molecule has 30 heavy (non-hydrogen) atoms. The average molecular weight is 430 g/mol. The fourth-order valence-corrected chi connectivity index (χ4v) is 2.42. The number of hydrazine groups is 1. The summed E-state index contributed by atoms with van der Waals surface area (Å²) in [6.45, 7) is 7.37. The second kappa shape index (κ2) is 11.8. The molecule has 2 aromatic carbocycles. The van der Waals surface area contributed by atoms with Gasteiger partial charge in [-0.05, 0) is 73.1 Å². The van der Waals surface area contributed by atoms with Crippen LogP contribution in [0.3, 0.4) is 0 Å². The van der Waals surface area contributed by atoms with Crippen molar-refractivity contribution < 1.29 is 19.1 Å². The summed E-state index contributed by atoms with van der Waals surface area (Å²) in [5, 5.41) is 2.49. The number of benzene rings is 2. The van der Waals surface area contributed by atoms with Crippen molar-refractivity contribution >= 4 is 29.1 Å². The minimum absolute atomic E-state index is 0.0171. The van der Waals surface area contributed by atoms with E-state index in [4.69, 9.17) is 21.7 Å². The molecule has 0 radical (unpaired) electrons. The van der Waals surface area contributed by atoms with Gasteiger partial charge in [0.2, 0.25) is 0 Å². The number of thiocarbonyl (C=S) groups is 1. The Kier molecular flexibility index (Phi) is 9.08. The summed E-state index contributed by atoms with van der Waals surface area (Å²) in [7, 11) is 0. The van der Waals surface area contributed by atoms with E-state index in [1.807, 2.05) is 6.92 Å². The van der Waals surface area contributed by atoms with Gasteiger partial charge in [0.25, 0.3) is 11.8 Å². The van der Waals surface area contributed by atoms with Gasteiger partial charge >= 0.3 is 0 Å². The highest BCUT2D eigenvalue weighted by Gasteiger charge is 2.10. The highest BCUT2D eigenvalue weighted by molar-refractivity contribution is 7.80. The van der Waals surface area contributed by atoms with E-state index in [0.717, 1.165) is 6.42 Å². The van der Waals surface area contributed by atoms with Crippen molar-refractivity contribution in [2.45, 2.75) is 27.2 Å². The van der Waals surface area contributed by atoms with Crippen LogP contribution in [0.15, 0.2) is 48.5 Å². The number of carbonyl (C=O) groups is 2. The molecule has 0 saturated carbocycles. The van der Waals surface area contributed by atoms with Gasteiger partial charge in [-0.3, -0.25) is 25.8 Å². The Morgan fingerprint density at radius 3 is 1.93 bits per heavy atom. The normalized spacial score (nSPS) is 10.3. The zero-order valence-electron chi connectivity index (χ0n) is 17.4. The largest absolute Gasteiger partial charge is 0.494 e. The quantitative estimate of drug-likeness (QED) is 0.440. The van der Waals surface area contributed by atoms with Gasteiger partial charge in [-0.15, -0.1) is 0 Å². The lowest BCUT2D eigenvalue weighted by Gasteiger charge is -2.12. The van der Waals surface area contributed by atoms with Crippen LogP contribution in [0.2, 0.25) is 0 Å². The summed E-state index contributed by atoms with van der Waals surface area (Å²) >= 11 is 5.06. The third kappa shape index (κ3) is 7.71. The summed E-state index contributed by atoms with van der Waals surface area (Å²) in [5.74, 6) is 1.03. The van der Waals surface area contributed by atoms with Crippen molar-refractivity contribution in [2.24, 2.45) is 5.92 Å². The van der Waals surface area contributed by atoms with E-state index in [1.54, 1.807) is 48.5 Å². The van der Waals surface area contributed by atoms with Crippen LogP contribution in [0.1, 0.15) is 47.9 Å². The highest BCUT2D eigenvalue weighted by Crippen LogP contribution is 2.13. The van der Waals surface area contributed by atoms with Gasteiger partial charge in [-0.1, -0.05) is 20.8 Å². The van der Waals surface area contributed by atoms with Crippen molar-refractivity contribution in [3.63, 3.8) is 0 Å². The lowest BCUT2D eigenvalue weighted by molar-refractivity contribution is 0.0934. The molecule has 0 aromatic heterocycles. The van der Waals surface area contributed by atoms with Gasteiger partial charge in [0.05, 0.1) is 13.2 Å². The third-order valence-electron chi connectivity index (χ3n) is 3.81. The van der Waals surface area contributed by atoms with Crippen molar-refractivity contribution in [3.8, 4) is 11.5 Å². The van der Waals surface area contributed by atoms with Crippen LogP contribution in [0.5, 0.6) is 11.5 Å². The molecule has 0 saturated heterocycles. The molecule has 7 nitrogen and oxygen atoms in total. The molecule has 2 rings (SSSR count). The van der Waals surface area contributed by atoms with Crippen LogP contribution in [0.25, 0.3) is 0 Å². The molecule has 160 valence electrons. The highest BCUT2D eigenvalue weighted by atomic mass is 32.1. The minimum atomic E-state index is -0.393. The molecule has 0 unspecified atom stereocenters. The molecule has 8 heteroatoms. The second-order valence-electron chi connectivity index (χ2n) is 6.96. The Balaban J connectivity index is 1.79. The number of nitrogens with one attached hydrogen (secondary N) is 3. The maximum absolute atomic E-state index is 12.2. The predicted molar refractivity (Wildman–Crippen MR) is 120 cm³/mol. The first-order chi connectivity index (χ1) is 14.4. The number of hydrogen-bond donors (Lipinski definition) is 3. The number of rotatable bonds is 8. The van der Waals surface area contributed by atoms with Gasteiger partial charge in [-0.2, -0.15) is 0 Å². The predicted octanol–water partition coefficient (Wildman–Crippen LogP) is 3.46. The summed E-state index contributed by atoms with van der Waals surface area (Å²) in [6, 6.07) is 13.5. The molecule has 0 spiro atoms. The topological polar surface area (TPSA) is 88.7 Å². The molecule has 0 fully saturated rings. The van der Waals surface area contributed by atoms with Gasteiger partial charge in [0.1, 0.15) is 11.5 Å². The molecular formula is C22H27N3O4S. The molecular weight excluding hydrogens is 402 g/mol. The van der Waals surface area contributed by atoms with Gasteiger partial charge in [-0.25, -0.2) is 0 Å². The molecule has 2 aromatic rings. The first-order valence-electron chi connectivity index (χ1n) is 9.76. The molecule has 0 aliphatic rings. The molecule has 0 aliphatic carbocycles. The van der Waals surface area contributed by atoms with Crippen molar-refractivity contribution in [2.75, 3.05) is 13.2 Å². The van der Waals surface area contributed by atoms with Crippen molar-refractivity contribution in [1.82, 2.24) is 16.2 Å². The third-order valence-corrected chi connectivity index (χ3v) is 4.01. The van der Waals surface area contributed by atoms with Crippen LogP contribution in [0, 0.1) is 5.92 Å². The maximum Gasteiger partial charge on any atom is 0.269 e. The van der Waals surface area contributed by atoms with Crippen LogP contribution >= 0.6 is 12.2 Å². The Hall–Kier alpha value is -3.13. The molecule has 0 atom stereocenters. The SMILES string of the molecule is CCCOc1ccc(C(=O)NC(=S)NNC(=O)c2ccc(OCC(C)C)cc2)cc1. The Bertz CT molecular complexity index is 852. The Morgan fingerprint density at radius 1 is 0.867 bits per heavy atom. The molecule has 0 heterocycles. The zero-order chi connectivity index (χ0) is 21.9. The molecule has 3 N–H and O–H groups in total. The van der Waals surface area contributed by atoms with E-state index in [-0.39, 0.29) is 11.0 Å². The number of hydrogen-bond acceptors (Lipinski definition) is 5. The van der Waals surface area contributed by atoms with E-state index >= 15 is 0 Å². The summed E-state index contributed by atoms with van der Waals surface area (Å²) < 4.78 is 11.1. The van der Waals surface area contributed by atoms with E-state index < -0.39 is 5.91 Å². The molecule has 0 bridgehead atoms. The first-order valence-corrected chi connectivity index (χ1v) is 10.2. The fourth-order valence-electron chi connectivity index (χ4n) is 2.28. The van der Waals surface area contributed by atoms with Gasteiger partial charge < -0.3 is 9.47 Å². The first kappa shape index (κ1) is 23.2. The van der Waals surface area contributed by atoms with E-state index in [1.165, 1.54) is 0 Å². The number of ether oxygens (including phenoxy) is 2. The smallest absolute Gasteiger partial charge is 0.269 e. The van der Waals surface area contributed by atoms with Crippen LogP contribution in [-0.2, 0) is 0 Å².